The van der Waals surface area contributed by atoms with Crippen LogP contribution in [0.4, 0.5) is 5.82 Å². The number of sulfone groups is 1. The minimum atomic E-state index is -3.02. The van der Waals surface area contributed by atoms with Gasteiger partial charge in [-0.2, -0.15) is 5.10 Å². The largest absolute Gasteiger partial charge is 0.396 e. The Morgan fingerprint density at radius 1 is 1.44 bits per heavy atom. The van der Waals surface area contributed by atoms with Gasteiger partial charge in [0.25, 0.3) is 0 Å². The van der Waals surface area contributed by atoms with Crippen LogP contribution in [0.25, 0.3) is 0 Å². The van der Waals surface area contributed by atoms with Crippen molar-refractivity contribution in [3.8, 4) is 0 Å². The summed E-state index contributed by atoms with van der Waals surface area (Å²) < 4.78 is 25.1. The zero-order valence-corrected chi connectivity index (χ0v) is 15.3. The summed E-state index contributed by atoms with van der Waals surface area (Å²) in [7, 11) is -3.02. The molecule has 2 saturated heterocycles. The summed E-state index contributed by atoms with van der Waals surface area (Å²) >= 11 is 0. The Hall–Kier alpha value is -1.45. The van der Waals surface area contributed by atoms with Crippen molar-refractivity contribution in [1.82, 2.24) is 14.7 Å². The molecule has 25 heavy (non-hydrogen) atoms. The van der Waals surface area contributed by atoms with Gasteiger partial charge in [0.2, 0.25) is 5.91 Å². The van der Waals surface area contributed by atoms with Crippen molar-refractivity contribution in [1.29, 1.82) is 0 Å². The molecule has 2 fully saturated rings. The number of nitrogens with one attached hydrogen (secondary N) is 1. The highest BCUT2D eigenvalue weighted by Crippen LogP contribution is 2.27. The molecule has 8 nitrogen and oxygen atoms in total. The average molecular weight is 370 g/mol. The number of hydrogen-bond donors (Lipinski definition) is 2. The van der Waals surface area contributed by atoms with E-state index < -0.39 is 9.84 Å². The number of anilines is 1. The van der Waals surface area contributed by atoms with Crippen molar-refractivity contribution in [3.63, 3.8) is 0 Å². The highest BCUT2D eigenvalue weighted by Gasteiger charge is 2.31. The summed E-state index contributed by atoms with van der Waals surface area (Å²) in [4.78, 5) is 14.5. The first-order chi connectivity index (χ1) is 11.9. The third-order valence-corrected chi connectivity index (χ3v) is 6.66. The molecule has 1 amide bonds. The number of carbonyl (C=O) groups excluding carboxylic acids is 1. The van der Waals surface area contributed by atoms with E-state index >= 15 is 0 Å². The van der Waals surface area contributed by atoms with E-state index in [2.05, 4.69) is 10.4 Å². The number of aryl methyl sites for hydroxylation is 1. The van der Waals surface area contributed by atoms with Gasteiger partial charge in [0.1, 0.15) is 5.82 Å². The zero-order valence-electron chi connectivity index (χ0n) is 14.5. The number of hydrogen-bond acceptors (Lipinski definition) is 6. The Balaban J connectivity index is 1.64. The number of amides is 1. The first-order valence-electron chi connectivity index (χ1n) is 8.76. The number of rotatable bonds is 5. The Morgan fingerprint density at radius 3 is 2.92 bits per heavy atom. The van der Waals surface area contributed by atoms with Crippen LogP contribution in [-0.2, 0) is 14.6 Å². The highest BCUT2D eigenvalue weighted by atomic mass is 32.2. The molecule has 0 radical (unpaired) electrons. The molecule has 0 unspecified atom stereocenters. The maximum atomic E-state index is 12.4. The number of nitrogens with zero attached hydrogens (tertiary/aromatic N) is 3. The Labute approximate surface area is 148 Å². The summed E-state index contributed by atoms with van der Waals surface area (Å²) in [6, 6.07) is 1.55. The number of aliphatic hydroxyl groups is 1. The van der Waals surface area contributed by atoms with Crippen molar-refractivity contribution in [2.24, 2.45) is 5.92 Å². The zero-order chi connectivity index (χ0) is 18.0. The molecule has 0 saturated carbocycles. The maximum Gasteiger partial charge on any atom is 0.239 e. The summed E-state index contributed by atoms with van der Waals surface area (Å²) in [5.74, 6) is 0.889. The molecule has 0 aromatic carbocycles. The van der Waals surface area contributed by atoms with Gasteiger partial charge in [-0.3, -0.25) is 9.69 Å². The fourth-order valence-electron chi connectivity index (χ4n) is 3.69. The van der Waals surface area contributed by atoms with Crippen LogP contribution >= 0.6 is 0 Å². The second-order valence-corrected chi connectivity index (χ2v) is 9.38. The molecule has 2 aliphatic heterocycles. The monoisotopic (exact) mass is 370 g/mol. The van der Waals surface area contributed by atoms with Crippen molar-refractivity contribution in [2.75, 3.05) is 43.1 Å². The summed E-state index contributed by atoms with van der Waals surface area (Å²) in [5, 5.41) is 16.5. The van der Waals surface area contributed by atoms with Crippen molar-refractivity contribution >= 4 is 21.6 Å². The van der Waals surface area contributed by atoms with Crippen LogP contribution in [0.2, 0.25) is 0 Å². The van der Waals surface area contributed by atoms with E-state index in [1.807, 2.05) is 11.8 Å². The summed E-state index contributed by atoms with van der Waals surface area (Å²) in [6.07, 6.45) is 2.50. The third kappa shape index (κ3) is 4.59. The van der Waals surface area contributed by atoms with Crippen molar-refractivity contribution in [3.05, 3.63) is 11.8 Å². The molecule has 140 valence electrons. The molecule has 1 aromatic heterocycles. The molecular formula is C16H26N4O4S. The Bertz CT molecular complexity index is 730. The standard InChI is InChI=1S/C16H26N4O4S/c1-12-7-15(20(18-12)14-4-6-25(23,24)11-14)17-16(22)9-19-5-2-3-13(8-19)10-21/h7,13-14,21H,2-6,8-11H2,1H3,(H,17,22)/t13-,14-/m1/s1. The quantitative estimate of drug-likeness (QED) is 0.767. The predicted molar refractivity (Wildman–Crippen MR) is 94.2 cm³/mol. The molecule has 3 rings (SSSR count). The van der Waals surface area contributed by atoms with Crippen molar-refractivity contribution in [2.45, 2.75) is 32.2 Å². The first-order valence-corrected chi connectivity index (χ1v) is 10.6. The third-order valence-electron chi connectivity index (χ3n) is 4.91. The van der Waals surface area contributed by atoms with E-state index in [1.165, 1.54) is 0 Å². The minimum absolute atomic E-state index is 0.0707. The lowest BCUT2D eigenvalue weighted by Crippen LogP contribution is -2.41. The molecule has 0 aliphatic carbocycles. The number of aromatic nitrogens is 2. The van der Waals surface area contributed by atoms with Gasteiger partial charge in [-0.15, -0.1) is 0 Å². The van der Waals surface area contributed by atoms with Gasteiger partial charge in [0, 0.05) is 19.2 Å². The van der Waals surface area contributed by atoms with E-state index in [9.17, 15) is 18.3 Å². The van der Waals surface area contributed by atoms with Crippen LogP contribution < -0.4 is 5.32 Å². The van der Waals surface area contributed by atoms with Gasteiger partial charge >= 0.3 is 0 Å². The number of carbonyl (C=O) groups is 1. The van der Waals surface area contributed by atoms with Gasteiger partial charge in [-0.1, -0.05) is 0 Å². The second kappa shape index (κ2) is 7.43. The maximum absolute atomic E-state index is 12.4. The first kappa shape index (κ1) is 18.3. The summed E-state index contributed by atoms with van der Waals surface area (Å²) in [5.41, 5.74) is 0.748. The van der Waals surface area contributed by atoms with E-state index in [4.69, 9.17) is 0 Å². The molecule has 2 atom stereocenters. The molecule has 2 aliphatic rings. The van der Waals surface area contributed by atoms with Gasteiger partial charge in [-0.25, -0.2) is 13.1 Å². The van der Waals surface area contributed by atoms with Crippen LogP contribution in [0.15, 0.2) is 6.07 Å². The molecule has 9 heteroatoms. The topological polar surface area (TPSA) is 105 Å². The fraction of sp³-hybridized carbons (Fsp3) is 0.750. The van der Waals surface area contributed by atoms with Gasteiger partial charge < -0.3 is 10.4 Å². The Kier molecular flexibility index (Phi) is 5.45. The molecule has 0 spiro atoms. The lowest BCUT2D eigenvalue weighted by atomic mass is 9.99. The normalized spacial score (nSPS) is 26.6. The SMILES string of the molecule is Cc1cc(NC(=O)CN2CCC[C@@H](CO)C2)n([C@@H]2CCS(=O)(=O)C2)n1. The lowest BCUT2D eigenvalue weighted by molar-refractivity contribution is -0.117. The lowest BCUT2D eigenvalue weighted by Gasteiger charge is -2.31. The Morgan fingerprint density at radius 2 is 2.24 bits per heavy atom. The smallest absolute Gasteiger partial charge is 0.239 e. The van der Waals surface area contributed by atoms with Gasteiger partial charge in [0.15, 0.2) is 9.84 Å². The summed E-state index contributed by atoms with van der Waals surface area (Å²) in [6.45, 7) is 3.82. The predicted octanol–water partition coefficient (Wildman–Crippen LogP) is 0.194. The fourth-order valence-corrected chi connectivity index (χ4v) is 5.38. The number of aliphatic hydroxyl groups excluding tert-OH is 1. The molecule has 3 heterocycles. The van der Waals surface area contributed by atoms with E-state index in [1.54, 1.807) is 10.7 Å². The number of piperidine rings is 1. The van der Waals surface area contributed by atoms with Crippen LogP contribution in [-0.4, -0.2) is 71.9 Å². The second-order valence-electron chi connectivity index (χ2n) is 7.15. The van der Waals surface area contributed by atoms with Crippen LogP contribution in [0.3, 0.4) is 0 Å². The van der Waals surface area contributed by atoms with Gasteiger partial charge in [0.05, 0.1) is 29.8 Å². The van der Waals surface area contributed by atoms with E-state index in [-0.39, 0.29) is 42.5 Å². The van der Waals surface area contributed by atoms with Crippen molar-refractivity contribution < 1.29 is 18.3 Å². The molecule has 1 aromatic rings. The number of likely N-dealkylation sites (tertiary alicyclic amines) is 1. The van der Waals surface area contributed by atoms with Gasteiger partial charge in [-0.05, 0) is 38.6 Å². The molecule has 2 N–H and O–H groups in total. The van der Waals surface area contributed by atoms with E-state index in [0.29, 0.717) is 12.2 Å². The molecule has 0 bridgehead atoms. The van der Waals surface area contributed by atoms with Crippen LogP contribution in [0.5, 0.6) is 0 Å². The van der Waals surface area contributed by atoms with Crippen LogP contribution in [0, 0.1) is 12.8 Å². The van der Waals surface area contributed by atoms with E-state index in [0.717, 1.165) is 31.6 Å². The highest BCUT2D eigenvalue weighted by molar-refractivity contribution is 7.91. The molecular weight excluding hydrogens is 344 g/mol. The van der Waals surface area contributed by atoms with Crippen LogP contribution in [0.1, 0.15) is 31.0 Å². The minimum Gasteiger partial charge on any atom is -0.396 e. The average Bonchev–Trinajstić information content (AvgIpc) is 3.09.